The number of benzene rings is 1. The molecule has 0 aliphatic heterocycles. The molecule has 0 atom stereocenters. The predicted molar refractivity (Wildman–Crippen MR) is 62.0 cm³/mol. The third-order valence-electron chi connectivity index (χ3n) is 2.06. The van der Waals surface area contributed by atoms with Crippen molar-refractivity contribution in [1.29, 1.82) is 0 Å². The Kier molecular flexibility index (Phi) is 4.25. The average Bonchev–Trinajstić information content (AvgIpc) is 2.25. The van der Waals surface area contributed by atoms with Crippen molar-refractivity contribution < 1.29 is 22.3 Å². The number of nitrogens with two attached hydrogens (primary N) is 1. The Bertz CT molecular complexity index is 557. The largest absolute Gasteiger partial charge is 0.482 e. The van der Waals surface area contributed by atoms with Crippen LogP contribution in [0.2, 0.25) is 0 Å². The van der Waals surface area contributed by atoms with E-state index in [1.54, 1.807) is 0 Å². The number of hydrogen-bond acceptors (Lipinski definition) is 4. The third kappa shape index (κ3) is 3.67. The Morgan fingerprint density at radius 2 is 2.06 bits per heavy atom. The van der Waals surface area contributed by atoms with Crippen LogP contribution >= 0.6 is 0 Å². The van der Waals surface area contributed by atoms with E-state index in [2.05, 4.69) is 0 Å². The molecule has 0 radical (unpaired) electrons. The molecule has 0 unspecified atom stereocenters. The van der Waals surface area contributed by atoms with Gasteiger partial charge in [-0.25, -0.2) is 17.9 Å². The minimum atomic E-state index is -4.11. The van der Waals surface area contributed by atoms with Crippen LogP contribution in [-0.4, -0.2) is 39.9 Å². The minimum absolute atomic E-state index is 0.158. The summed E-state index contributed by atoms with van der Waals surface area (Å²) in [7, 11) is -1.06. The van der Waals surface area contributed by atoms with E-state index in [9.17, 15) is 17.6 Å². The lowest BCUT2D eigenvalue weighted by molar-refractivity contribution is -0.130. The fraction of sp³-hybridized carbons (Fsp3) is 0.300. The summed E-state index contributed by atoms with van der Waals surface area (Å²) >= 11 is 0. The Hall–Kier alpha value is -1.67. The zero-order chi connectivity index (χ0) is 13.9. The van der Waals surface area contributed by atoms with Crippen molar-refractivity contribution in [2.75, 3.05) is 20.7 Å². The fourth-order valence-corrected chi connectivity index (χ4v) is 1.78. The molecule has 0 bridgehead atoms. The molecule has 100 valence electrons. The monoisotopic (exact) mass is 276 g/mol. The van der Waals surface area contributed by atoms with Gasteiger partial charge >= 0.3 is 0 Å². The summed E-state index contributed by atoms with van der Waals surface area (Å²) < 4.78 is 40.4. The highest BCUT2D eigenvalue weighted by Crippen LogP contribution is 2.23. The van der Waals surface area contributed by atoms with Crippen molar-refractivity contribution in [2.45, 2.75) is 4.90 Å². The maximum absolute atomic E-state index is 13.0. The molecule has 1 amide bonds. The van der Waals surface area contributed by atoms with Crippen molar-refractivity contribution in [3.05, 3.63) is 24.0 Å². The number of ether oxygens (including phenoxy) is 1. The van der Waals surface area contributed by atoms with E-state index in [0.717, 1.165) is 18.2 Å². The van der Waals surface area contributed by atoms with Crippen LogP contribution in [0.25, 0.3) is 0 Å². The van der Waals surface area contributed by atoms with Gasteiger partial charge in [-0.05, 0) is 18.2 Å². The fourth-order valence-electron chi connectivity index (χ4n) is 1.09. The van der Waals surface area contributed by atoms with Crippen molar-refractivity contribution in [3.8, 4) is 5.75 Å². The lowest BCUT2D eigenvalue weighted by Gasteiger charge is -2.13. The van der Waals surface area contributed by atoms with E-state index >= 15 is 0 Å². The van der Waals surface area contributed by atoms with Gasteiger partial charge < -0.3 is 9.64 Å². The molecule has 18 heavy (non-hydrogen) atoms. The van der Waals surface area contributed by atoms with Crippen molar-refractivity contribution in [2.24, 2.45) is 5.14 Å². The molecular weight excluding hydrogens is 263 g/mol. The number of sulfonamides is 1. The molecule has 6 nitrogen and oxygen atoms in total. The molecule has 0 spiro atoms. The molecule has 1 rings (SSSR count). The summed E-state index contributed by atoms with van der Waals surface area (Å²) in [6, 6.07) is 2.87. The zero-order valence-electron chi connectivity index (χ0n) is 9.88. The van der Waals surface area contributed by atoms with E-state index in [1.807, 2.05) is 0 Å². The van der Waals surface area contributed by atoms with Crippen LogP contribution in [-0.2, 0) is 14.8 Å². The van der Waals surface area contributed by atoms with Gasteiger partial charge in [0.1, 0.15) is 16.5 Å². The molecule has 8 heteroatoms. The summed E-state index contributed by atoms with van der Waals surface area (Å²) in [6.07, 6.45) is 0. The molecule has 0 saturated heterocycles. The van der Waals surface area contributed by atoms with Gasteiger partial charge in [0, 0.05) is 14.1 Å². The lowest BCUT2D eigenvalue weighted by Crippen LogP contribution is -2.28. The second-order valence-corrected chi connectivity index (χ2v) is 5.24. The second-order valence-electron chi connectivity index (χ2n) is 3.71. The van der Waals surface area contributed by atoms with E-state index in [4.69, 9.17) is 9.88 Å². The van der Waals surface area contributed by atoms with Gasteiger partial charge in [0.15, 0.2) is 6.61 Å². The molecule has 0 heterocycles. The number of halogens is 1. The molecule has 0 fully saturated rings. The summed E-state index contributed by atoms with van der Waals surface area (Å²) in [4.78, 5) is 12.1. The number of nitrogens with zero attached hydrogens (tertiary/aromatic N) is 1. The Labute approximate surface area is 104 Å². The van der Waals surface area contributed by atoms with Crippen molar-refractivity contribution >= 4 is 15.9 Å². The number of rotatable bonds is 4. The Balaban J connectivity index is 3.00. The van der Waals surface area contributed by atoms with Crippen LogP contribution in [0.1, 0.15) is 0 Å². The van der Waals surface area contributed by atoms with Crippen molar-refractivity contribution in [3.63, 3.8) is 0 Å². The summed E-state index contributed by atoms with van der Waals surface area (Å²) in [5.74, 6) is -1.28. The van der Waals surface area contributed by atoms with Gasteiger partial charge in [-0.2, -0.15) is 0 Å². The summed E-state index contributed by atoms with van der Waals surface area (Å²) in [5, 5.41) is 4.92. The summed E-state index contributed by atoms with van der Waals surface area (Å²) in [6.45, 7) is -0.360. The number of hydrogen-bond donors (Lipinski definition) is 1. The molecular formula is C10H13FN2O4S. The van der Waals surface area contributed by atoms with Gasteiger partial charge in [0.05, 0.1) is 0 Å². The molecule has 0 aliphatic rings. The van der Waals surface area contributed by atoms with Gasteiger partial charge in [-0.15, -0.1) is 0 Å². The molecule has 1 aromatic rings. The molecule has 1 aromatic carbocycles. The van der Waals surface area contributed by atoms with Crippen LogP contribution in [0.4, 0.5) is 4.39 Å². The molecule has 0 aromatic heterocycles. The van der Waals surface area contributed by atoms with Gasteiger partial charge in [-0.1, -0.05) is 0 Å². The van der Waals surface area contributed by atoms with Crippen LogP contribution in [0.15, 0.2) is 23.1 Å². The molecule has 2 N–H and O–H groups in total. The predicted octanol–water partition coefficient (Wildman–Crippen LogP) is -0.0599. The minimum Gasteiger partial charge on any atom is -0.482 e. The van der Waals surface area contributed by atoms with Crippen LogP contribution in [0.5, 0.6) is 5.75 Å². The first-order valence-electron chi connectivity index (χ1n) is 4.87. The third-order valence-corrected chi connectivity index (χ3v) is 2.99. The molecule has 0 aliphatic carbocycles. The van der Waals surface area contributed by atoms with Crippen molar-refractivity contribution in [1.82, 2.24) is 4.90 Å². The summed E-state index contributed by atoms with van der Waals surface area (Å²) in [5.41, 5.74) is 0. The topological polar surface area (TPSA) is 89.7 Å². The highest BCUT2D eigenvalue weighted by atomic mass is 32.2. The van der Waals surface area contributed by atoms with E-state index < -0.39 is 20.7 Å². The van der Waals surface area contributed by atoms with E-state index in [1.165, 1.54) is 19.0 Å². The average molecular weight is 276 g/mol. The number of carbonyl (C=O) groups is 1. The number of primary sulfonamides is 1. The Morgan fingerprint density at radius 1 is 1.44 bits per heavy atom. The Morgan fingerprint density at radius 3 is 2.56 bits per heavy atom. The van der Waals surface area contributed by atoms with Gasteiger partial charge in [-0.3, -0.25) is 4.79 Å². The number of likely N-dealkylation sites (N-methyl/N-ethyl adjacent to an activating group) is 1. The van der Waals surface area contributed by atoms with Crippen LogP contribution < -0.4 is 9.88 Å². The zero-order valence-corrected chi connectivity index (χ0v) is 10.7. The SMILES string of the molecule is CN(C)C(=O)COc1ccc(F)cc1S(N)(=O)=O. The standard InChI is InChI=1S/C10H13FN2O4S/c1-13(2)10(14)6-17-8-4-3-7(11)5-9(8)18(12,15)16/h3-5H,6H2,1-2H3,(H2,12,15,16). The van der Waals surface area contributed by atoms with Gasteiger partial charge in [0.25, 0.3) is 5.91 Å². The van der Waals surface area contributed by atoms with E-state index in [0.29, 0.717) is 0 Å². The second kappa shape index (κ2) is 5.32. The maximum Gasteiger partial charge on any atom is 0.259 e. The van der Waals surface area contributed by atoms with Gasteiger partial charge in [0.2, 0.25) is 10.0 Å². The first-order chi connectivity index (χ1) is 8.21. The maximum atomic E-state index is 13.0. The van der Waals surface area contributed by atoms with Crippen LogP contribution in [0, 0.1) is 5.82 Å². The number of amides is 1. The highest BCUT2D eigenvalue weighted by molar-refractivity contribution is 7.89. The smallest absolute Gasteiger partial charge is 0.259 e. The van der Waals surface area contributed by atoms with Crippen LogP contribution in [0.3, 0.4) is 0 Å². The highest BCUT2D eigenvalue weighted by Gasteiger charge is 2.17. The molecule has 0 saturated carbocycles. The normalized spacial score (nSPS) is 11.1. The number of carbonyl (C=O) groups excluding carboxylic acids is 1. The van der Waals surface area contributed by atoms with E-state index in [-0.39, 0.29) is 18.3 Å². The lowest BCUT2D eigenvalue weighted by atomic mass is 10.3. The first-order valence-corrected chi connectivity index (χ1v) is 6.42. The quantitative estimate of drug-likeness (QED) is 0.834. The first kappa shape index (κ1) is 14.4.